The Hall–Kier alpha value is -1.81. The third-order valence-corrected chi connectivity index (χ3v) is 13.7. The van der Waals surface area contributed by atoms with Gasteiger partial charge in [-0.2, -0.15) is 0 Å². The van der Waals surface area contributed by atoms with Gasteiger partial charge in [0.25, 0.3) is 0 Å². The zero-order chi connectivity index (χ0) is 31.3. The summed E-state index contributed by atoms with van der Waals surface area (Å²) in [4.78, 5) is 0. The van der Waals surface area contributed by atoms with Crippen LogP contribution in [0.4, 0.5) is 0 Å². The topological polar surface area (TPSA) is 17.1 Å². The third kappa shape index (κ3) is 6.64. The highest BCUT2D eigenvalue weighted by Crippen LogP contribution is 2.63. The van der Waals surface area contributed by atoms with Gasteiger partial charge in [-0.25, -0.2) is 0 Å². The molecule has 1 fully saturated rings. The first kappa shape index (κ1) is 33.1. The molecule has 0 saturated carbocycles. The molecule has 1 aliphatic heterocycles. The van der Waals surface area contributed by atoms with Gasteiger partial charge >= 0.3 is 0 Å². The van der Waals surface area contributed by atoms with E-state index in [0.29, 0.717) is 0 Å². The summed E-state index contributed by atoms with van der Waals surface area (Å²) in [5.41, 5.74) is 7.92. The van der Waals surface area contributed by atoms with Gasteiger partial charge in [-0.05, 0) is 79.3 Å². The lowest BCUT2D eigenvalue weighted by Gasteiger charge is -2.41. The fraction of sp³-hybridized carbons (Fsp3) is 0.538. The van der Waals surface area contributed by atoms with Gasteiger partial charge in [0, 0.05) is 5.66 Å². The average molecular weight is 601 g/mol. The molecule has 0 aromatic heterocycles. The summed E-state index contributed by atoms with van der Waals surface area (Å²) in [5, 5.41) is 0.801. The molecule has 0 spiro atoms. The standard InChI is InChI=1S/C39H54OP2/c1-35(2,3)27-21-28(36(4,5)6)24-31(23-27)39(41-40,34-19-16-20-42(34)33-17-14-13-15-18-33)32-25-29(37(7,8)9)22-30(26-32)38(10,11)12/h13-15,17-18,21-26,34H,16,19-20H2,1-12H3. The minimum Gasteiger partial charge on any atom is -0.274 e. The molecule has 2 atom stereocenters. The maximum absolute atomic E-state index is 14.3. The first-order valence-corrected chi connectivity index (χ1v) is 18.2. The molecule has 3 heteroatoms. The minimum atomic E-state index is -0.638. The van der Waals surface area contributed by atoms with Crippen LogP contribution in [0.25, 0.3) is 0 Å². The van der Waals surface area contributed by atoms with E-state index in [1.54, 1.807) is 0 Å². The van der Waals surface area contributed by atoms with Crippen molar-refractivity contribution in [2.45, 2.75) is 128 Å². The monoisotopic (exact) mass is 600 g/mol. The van der Waals surface area contributed by atoms with Gasteiger partial charge in [-0.15, -0.1) is 0 Å². The van der Waals surface area contributed by atoms with Gasteiger partial charge in [0.1, 0.15) is 5.16 Å². The maximum Gasteiger partial charge on any atom is 0.172 e. The fourth-order valence-corrected chi connectivity index (χ4v) is 10.8. The molecular formula is C39H54OP2. The first-order valence-electron chi connectivity index (χ1n) is 15.8. The number of hydrogen-bond donors (Lipinski definition) is 0. The summed E-state index contributed by atoms with van der Waals surface area (Å²) >= 11 is 0. The van der Waals surface area contributed by atoms with Gasteiger partial charge in [0.05, 0.1) is 0 Å². The summed E-state index contributed by atoms with van der Waals surface area (Å²) in [6, 6.07) is 25.6. The van der Waals surface area contributed by atoms with E-state index < -0.39 is 13.1 Å². The van der Waals surface area contributed by atoms with Crippen LogP contribution in [0, 0.1) is 0 Å². The van der Waals surface area contributed by atoms with Crippen molar-refractivity contribution in [1.82, 2.24) is 0 Å². The molecule has 0 aliphatic carbocycles. The fourth-order valence-electron chi connectivity index (χ4n) is 6.27. The van der Waals surface area contributed by atoms with E-state index in [-0.39, 0.29) is 35.8 Å². The summed E-state index contributed by atoms with van der Waals surface area (Å²) in [7, 11) is -0.309. The molecule has 1 nitrogen and oxygen atoms in total. The molecular weight excluding hydrogens is 546 g/mol. The van der Waals surface area contributed by atoms with Crippen LogP contribution < -0.4 is 5.30 Å². The van der Waals surface area contributed by atoms with Crippen molar-refractivity contribution < 1.29 is 4.57 Å². The second-order valence-corrected chi connectivity index (χ2v) is 20.1. The zero-order valence-electron chi connectivity index (χ0n) is 28.4. The van der Waals surface area contributed by atoms with E-state index >= 15 is 0 Å². The van der Waals surface area contributed by atoms with Crippen LogP contribution in [0.15, 0.2) is 66.7 Å². The molecule has 0 bridgehead atoms. The molecule has 1 saturated heterocycles. The lowest BCUT2D eigenvalue weighted by atomic mass is 9.73. The maximum atomic E-state index is 14.3. The van der Waals surface area contributed by atoms with Crippen LogP contribution in [0.5, 0.6) is 0 Å². The molecule has 2 unspecified atom stereocenters. The second kappa shape index (κ2) is 11.6. The van der Waals surface area contributed by atoms with Gasteiger partial charge in [-0.3, -0.25) is 4.57 Å². The Balaban J connectivity index is 2.16. The van der Waals surface area contributed by atoms with E-state index in [2.05, 4.69) is 150 Å². The van der Waals surface area contributed by atoms with Gasteiger partial charge < -0.3 is 0 Å². The molecule has 1 aliphatic rings. The Kier molecular flexibility index (Phi) is 9.14. The van der Waals surface area contributed by atoms with Crippen LogP contribution >= 0.6 is 16.4 Å². The van der Waals surface area contributed by atoms with E-state index in [0.717, 1.165) is 6.42 Å². The van der Waals surface area contributed by atoms with Crippen LogP contribution in [-0.4, -0.2) is 11.8 Å². The van der Waals surface area contributed by atoms with Crippen LogP contribution in [0.1, 0.15) is 129 Å². The Morgan fingerprint density at radius 2 is 0.929 bits per heavy atom. The summed E-state index contributed by atoms with van der Waals surface area (Å²) in [6.45, 7) is 27.7. The number of rotatable bonds is 5. The van der Waals surface area contributed by atoms with Crippen molar-refractivity contribution in [2.75, 3.05) is 6.16 Å². The van der Waals surface area contributed by atoms with Crippen LogP contribution in [0.3, 0.4) is 0 Å². The Bertz CT molecular complexity index is 1270. The van der Waals surface area contributed by atoms with Crippen molar-refractivity contribution in [3.05, 3.63) is 100 Å². The van der Waals surface area contributed by atoms with E-state index in [1.165, 1.54) is 51.3 Å². The normalized spacial score (nSPS) is 19.0. The molecule has 226 valence electrons. The number of hydrogen-bond acceptors (Lipinski definition) is 1. The first-order chi connectivity index (χ1) is 19.3. The van der Waals surface area contributed by atoms with Crippen molar-refractivity contribution in [3.63, 3.8) is 0 Å². The van der Waals surface area contributed by atoms with Crippen molar-refractivity contribution in [2.24, 2.45) is 0 Å². The third-order valence-electron chi connectivity index (χ3n) is 9.18. The van der Waals surface area contributed by atoms with E-state index in [9.17, 15) is 4.57 Å². The van der Waals surface area contributed by atoms with Gasteiger partial charge in [0.15, 0.2) is 8.46 Å². The van der Waals surface area contributed by atoms with Crippen molar-refractivity contribution >= 4 is 21.7 Å². The minimum absolute atomic E-state index is 0.0226. The lowest BCUT2D eigenvalue weighted by Crippen LogP contribution is -2.36. The highest BCUT2D eigenvalue weighted by molar-refractivity contribution is 7.67. The molecule has 0 amide bonds. The Morgan fingerprint density at radius 1 is 0.571 bits per heavy atom. The SMILES string of the molecule is CC(C)(C)c1cc(C(C)(C)C)cc(C(P=O)(c2cc(C(C)(C)C)cc(C(C)(C)C)c2)C2CCCP2c2ccccc2)c1. The summed E-state index contributed by atoms with van der Waals surface area (Å²) in [5.74, 6) is 0. The van der Waals surface area contributed by atoms with E-state index in [1.807, 2.05) is 0 Å². The highest BCUT2D eigenvalue weighted by atomic mass is 31.1. The average Bonchev–Trinajstić information content (AvgIpc) is 3.38. The van der Waals surface area contributed by atoms with Gasteiger partial charge in [-0.1, -0.05) is 158 Å². The molecule has 42 heavy (non-hydrogen) atoms. The predicted octanol–water partition coefficient (Wildman–Crippen LogP) is 11.4. The highest BCUT2D eigenvalue weighted by Gasteiger charge is 2.50. The smallest absolute Gasteiger partial charge is 0.172 e. The van der Waals surface area contributed by atoms with Crippen LogP contribution in [-0.2, 0) is 31.4 Å². The molecule has 1 heterocycles. The van der Waals surface area contributed by atoms with Crippen LogP contribution in [0.2, 0.25) is 0 Å². The molecule has 4 rings (SSSR count). The van der Waals surface area contributed by atoms with Crippen molar-refractivity contribution in [1.29, 1.82) is 0 Å². The summed E-state index contributed by atoms with van der Waals surface area (Å²) < 4.78 is 14.3. The second-order valence-electron chi connectivity index (χ2n) is 16.6. The molecule has 3 aromatic carbocycles. The number of benzene rings is 3. The summed E-state index contributed by atoms with van der Waals surface area (Å²) in [6.07, 6.45) is 3.46. The quantitative estimate of drug-likeness (QED) is 0.266. The Labute approximate surface area is 260 Å². The van der Waals surface area contributed by atoms with Gasteiger partial charge in [0.2, 0.25) is 0 Å². The molecule has 0 radical (unpaired) electrons. The molecule has 3 aromatic rings. The van der Waals surface area contributed by atoms with Crippen molar-refractivity contribution in [3.8, 4) is 0 Å². The largest absolute Gasteiger partial charge is 0.274 e. The van der Waals surface area contributed by atoms with E-state index in [4.69, 9.17) is 0 Å². The Morgan fingerprint density at radius 3 is 1.26 bits per heavy atom. The predicted molar refractivity (Wildman–Crippen MR) is 187 cm³/mol. The molecule has 0 N–H and O–H groups in total. The lowest BCUT2D eigenvalue weighted by molar-refractivity contribution is 0.539. The zero-order valence-corrected chi connectivity index (χ0v) is 30.1.